The van der Waals surface area contributed by atoms with Crippen LogP contribution in [0.15, 0.2) is 42.7 Å². The third kappa shape index (κ3) is 3.45. The molecule has 3 heterocycles. The van der Waals surface area contributed by atoms with E-state index < -0.39 is 0 Å². The number of hydrogen-bond donors (Lipinski definition) is 0. The number of benzene rings is 1. The van der Waals surface area contributed by atoms with Gasteiger partial charge in [0.25, 0.3) is 5.91 Å². The quantitative estimate of drug-likeness (QED) is 0.710. The van der Waals surface area contributed by atoms with Gasteiger partial charge in [0, 0.05) is 44.9 Å². The van der Waals surface area contributed by atoms with Crippen molar-refractivity contribution >= 4 is 22.8 Å². The summed E-state index contributed by atoms with van der Waals surface area (Å²) in [5, 5.41) is 0. The maximum atomic E-state index is 12.9. The van der Waals surface area contributed by atoms with Crippen LogP contribution < -0.4 is 9.64 Å². The first-order valence-electron chi connectivity index (χ1n) is 9.21. The number of imidazole rings is 1. The number of piperazine rings is 1. The standard InChI is InChI=1S/C20H23N5O2/c1-3-27-19-6-4-5-18(22-19)24-9-11-25(12-10-24)20(26)15-7-8-17-16(13-15)21-14-23(17)2/h4-8,13-14H,3,9-12H2,1-2H3. The molecule has 7 heteroatoms. The number of anilines is 1. The fraction of sp³-hybridized carbons (Fsp3) is 0.350. The number of carbonyl (C=O) groups is 1. The predicted molar refractivity (Wildman–Crippen MR) is 104 cm³/mol. The van der Waals surface area contributed by atoms with Crippen LogP contribution in [-0.2, 0) is 7.05 Å². The van der Waals surface area contributed by atoms with Crippen molar-refractivity contribution in [2.24, 2.45) is 7.05 Å². The third-order valence-electron chi connectivity index (χ3n) is 4.86. The van der Waals surface area contributed by atoms with Crippen molar-refractivity contribution in [1.82, 2.24) is 19.4 Å². The summed E-state index contributed by atoms with van der Waals surface area (Å²) in [4.78, 5) is 25.8. The molecule has 0 spiro atoms. The van der Waals surface area contributed by atoms with Crippen LogP contribution in [0.3, 0.4) is 0 Å². The second-order valence-electron chi connectivity index (χ2n) is 6.61. The second kappa shape index (κ2) is 7.26. The highest BCUT2D eigenvalue weighted by Gasteiger charge is 2.23. The molecule has 0 saturated carbocycles. The first-order valence-corrected chi connectivity index (χ1v) is 9.21. The van der Waals surface area contributed by atoms with Gasteiger partial charge in [-0.1, -0.05) is 6.07 Å². The largest absolute Gasteiger partial charge is 0.478 e. The van der Waals surface area contributed by atoms with E-state index in [1.165, 1.54) is 0 Å². The smallest absolute Gasteiger partial charge is 0.254 e. The Hall–Kier alpha value is -3.09. The van der Waals surface area contributed by atoms with Crippen molar-refractivity contribution in [2.75, 3.05) is 37.7 Å². The van der Waals surface area contributed by atoms with Crippen molar-refractivity contribution in [3.05, 3.63) is 48.3 Å². The summed E-state index contributed by atoms with van der Waals surface area (Å²) in [5.41, 5.74) is 2.56. The summed E-state index contributed by atoms with van der Waals surface area (Å²) in [5.74, 6) is 1.58. The Labute approximate surface area is 158 Å². The first kappa shape index (κ1) is 17.3. The zero-order valence-corrected chi connectivity index (χ0v) is 15.6. The highest BCUT2D eigenvalue weighted by molar-refractivity contribution is 5.97. The summed E-state index contributed by atoms with van der Waals surface area (Å²) < 4.78 is 7.43. The lowest BCUT2D eigenvalue weighted by Gasteiger charge is -2.35. The monoisotopic (exact) mass is 365 g/mol. The molecular formula is C20H23N5O2. The van der Waals surface area contributed by atoms with E-state index in [1.807, 2.05) is 59.8 Å². The number of hydrogen-bond acceptors (Lipinski definition) is 5. The zero-order valence-electron chi connectivity index (χ0n) is 15.6. The van der Waals surface area contributed by atoms with E-state index in [1.54, 1.807) is 6.33 Å². The van der Waals surface area contributed by atoms with Crippen LogP contribution in [-0.4, -0.2) is 58.1 Å². The van der Waals surface area contributed by atoms with Crippen LogP contribution in [0.25, 0.3) is 11.0 Å². The van der Waals surface area contributed by atoms with Crippen LogP contribution >= 0.6 is 0 Å². The van der Waals surface area contributed by atoms with Crippen molar-refractivity contribution in [3.63, 3.8) is 0 Å². The summed E-state index contributed by atoms with van der Waals surface area (Å²) in [6.07, 6.45) is 1.76. The minimum Gasteiger partial charge on any atom is -0.478 e. The lowest BCUT2D eigenvalue weighted by molar-refractivity contribution is 0.0746. The summed E-state index contributed by atoms with van der Waals surface area (Å²) >= 11 is 0. The normalized spacial score (nSPS) is 14.6. The topological polar surface area (TPSA) is 63.5 Å². The summed E-state index contributed by atoms with van der Waals surface area (Å²) in [6.45, 7) is 5.37. The second-order valence-corrected chi connectivity index (χ2v) is 6.61. The molecule has 1 aliphatic heterocycles. The van der Waals surface area contributed by atoms with Gasteiger partial charge >= 0.3 is 0 Å². The number of fused-ring (bicyclic) bond motifs is 1. The van der Waals surface area contributed by atoms with E-state index in [0.29, 0.717) is 31.1 Å². The molecule has 0 atom stereocenters. The van der Waals surface area contributed by atoms with E-state index >= 15 is 0 Å². The van der Waals surface area contributed by atoms with E-state index in [0.717, 1.165) is 29.9 Å². The number of pyridine rings is 1. The first-order chi connectivity index (χ1) is 13.2. The van der Waals surface area contributed by atoms with E-state index in [4.69, 9.17) is 4.74 Å². The molecule has 3 aromatic rings. The molecule has 0 N–H and O–H groups in total. The molecule has 1 saturated heterocycles. The minimum absolute atomic E-state index is 0.0539. The molecule has 0 unspecified atom stereocenters. The molecule has 7 nitrogen and oxygen atoms in total. The van der Waals surface area contributed by atoms with E-state index in [9.17, 15) is 4.79 Å². The molecule has 0 radical (unpaired) electrons. The maximum Gasteiger partial charge on any atom is 0.254 e. The predicted octanol–water partition coefficient (Wildman–Crippen LogP) is 2.33. The molecule has 1 aromatic carbocycles. The third-order valence-corrected chi connectivity index (χ3v) is 4.86. The molecule has 2 aromatic heterocycles. The van der Waals surface area contributed by atoms with Gasteiger partial charge in [-0.25, -0.2) is 4.98 Å². The van der Waals surface area contributed by atoms with Gasteiger partial charge < -0.3 is 19.1 Å². The lowest BCUT2D eigenvalue weighted by atomic mass is 10.1. The molecule has 4 rings (SSSR count). The van der Waals surface area contributed by atoms with Crippen molar-refractivity contribution in [1.29, 1.82) is 0 Å². The average Bonchev–Trinajstić information content (AvgIpc) is 3.08. The highest BCUT2D eigenvalue weighted by atomic mass is 16.5. The Bertz CT molecular complexity index is 960. The van der Waals surface area contributed by atoms with Gasteiger partial charge in [0.05, 0.1) is 24.0 Å². The number of amides is 1. The average molecular weight is 365 g/mol. The number of rotatable bonds is 4. The van der Waals surface area contributed by atoms with Gasteiger partial charge in [0.15, 0.2) is 0 Å². The number of aromatic nitrogens is 3. The molecule has 140 valence electrons. The van der Waals surface area contributed by atoms with Gasteiger partial charge in [-0.3, -0.25) is 4.79 Å². The van der Waals surface area contributed by atoms with Crippen LogP contribution in [0.4, 0.5) is 5.82 Å². The van der Waals surface area contributed by atoms with Gasteiger partial charge in [-0.05, 0) is 31.2 Å². The van der Waals surface area contributed by atoms with Crippen LogP contribution in [0, 0.1) is 0 Å². The molecular weight excluding hydrogens is 342 g/mol. The van der Waals surface area contributed by atoms with E-state index in [2.05, 4.69) is 14.9 Å². The Morgan fingerprint density at radius 2 is 1.96 bits per heavy atom. The molecule has 1 aliphatic rings. The van der Waals surface area contributed by atoms with Crippen LogP contribution in [0.2, 0.25) is 0 Å². The zero-order chi connectivity index (χ0) is 18.8. The van der Waals surface area contributed by atoms with Crippen LogP contribution in [0.5, 0.6) is 5.88 Å². The fourth-order valence-electron chi connectivity index (χ4n) is 3.40. The summed E-state index contributed by atoms with van der Waals surface area (Å²) in [7, 11) is 1.95. The highest BCUT2D eigenvalue weighted by Crippen LogP contribution is 2.20. The molecule has 0 bridgehead atoms. The Balaban J connectivity index is 1.43. The SMILES string of the molecule is CCOc1cccc(N2CCN(C(=O)c3ccc4c(c3)ncn4C)CC2)n1. The minimum atomic E-state index is 0.0539. The van der Waals surface area contributed by atoms with Crippen molar-refractivity contribution < 1.29 is 9.53 Å². The maximum absolute atomic E-state index is 12.9. The number of nitrogens with zero attached hydrogens (tertiary/aromatic N) is 5. The Kier molecular flexibility index (Phi) is 4.66. The van der Waals surface area contributed by atoms with E-state index in [-0.39, 0.29) is 5.91 Å². The molecule has 1 fully saturated rings. The number of ether oxygens (including phenoxy) is 1. The van der Waals surface area contributed by atoms with Gasteiger partial charge in [0.1, 0.15) is 5.82 Å². The fourth-order valence-corrected chi connectivity index (χ4v) is 3.40. The lowest BCUT2D eigenvalue weighted by Crippen LogP contribution is -2.49. The Morgan fingerprint density at radius 3 is 2.74 bits per heavy atom. The molecule has 27 heavy (non-hydrogen) atoms. The molecule has 1 amide bonds. The van der Waals surface area contributed by atoms with Crippen molar-refractivity contribution in [3.8, 4) is 5.88 Å². The van der Waals surface area contributed by atoms with Crippen LogP contribution in [0.1, 0.15) is 17.3 Å². The number of aryl methyl sites for hydroxylation is 1. The summed E-state index contributed by atoms with van der Waals surface area (Å²) in [6, 6.07) is 11.5. The van der Waals surface area contributed by atoms with Crippen molar-refractivity contribution in [2.45, 2.75) is 6.92 Å². The number of carbonyl (C=O) groups excluding carboxylic acids is 1. The Morgan fingerprint density at radius 1 is 1.15 bits per heavy atom. The van der Waals surface area contributed by atoms with Gasteiger partial charge in [-0.2, -0.15) is 4.98 Å². The van der Waals surface area contributed by atoms with Gasteiger partial charge in [0.2, 0.25) is 5.88 Å². The molecule has 0 aliphatic carbocycles. The van der Waals surface area contributed by atoms with Gasteiger partial charge in [-0.15, -0.1) is 0 Å².